The van der Waals surface area contributed by atoms with Crippen LogP contribution in [0.15, 0.2) is 0 Å². The molecule has 0 aliphatic heterocycles. The number of esters is 1. The fourth-order valence-corrected chi connectivity index (χ4v) is 1.01. The van der Waals surface area contributed by atoms with Crippen LogP contribution in [0.1, 0.15) is 19.8 Å². The molecule has 1 aliphatic rings. The van der Waals surface area contributed by atoms with Gasteiger partial charge in [-0.2, -0.15) is 0 Å². The van der Waals surface area contributed by atoms with Gasteiger partial charge in [0.25, 0.3) is 0 Å². The summed E-state index contributed by atoms with van der Waals surface area (Å²) >= 11 is 0. The van der Waals surface area contributed by atoms with Gasteiger partial charge in [-0.3, -0.25) is 4.79 Å². The summed E-state index contributed by atoms with van der Waals surface area (Å²) in [5.41, 5.74) is 0. The summed E-state index contributed by atoms with van der Waals surface area (Å²) in [5.74, 6) is -0.485. The predicted octanol–water partition coefficient (Wildman–Crippen LogP) is 0.320. The Kier molecular flexibility index (Phi) is 2.27. The molecule has 0 saturated heterocycles. The number of ether oxygens (including phenoxy) is 1. The van der Waals surface area contributed by atoms with Crippen molar-refractivity contribution in [3.05, 3.63) is 0 Å². The second kappa shape index (κ2) is 3.01. The summed E-state index contributed by atoms with van der Waals surface area (Å²) in [6, 6.07) is 0. The molecule has 0 aromatic rings. The molecule has 0 heterocycles. The summed E-state index contributed by atoms with van der Waals surface area (Å²) in [6.07, 6.45) is 1.07. The van der Waals surface area contributed by atoms with Gasteiger partial charge in [-0.05, 0) is 19.8 Å². The van der Waals surface area contributed by atoms with Crippen molar-refractivity contribution in [1.82, 2.24) is 0 Å². The highest BCUT2D eigenvalue weighted by molar-refractivity contribution is 5.74. The molecule has 1 aliphatic carbocycles. The molecule has 58 valence electrons. The number of hydrogen-bond acceptors (Lipinski definition) is 3. The summed E-state index contributed by atoms with van der Waals surface area (Å²) < 4.78 is 4.72. The van der Waals surface area contributed by atoms with Crippen molar-refractivity contribution in [2.75, 3.05) is 6.61 Å². The fourth-order valence-electron chi connectivity index (χ4n) is 1.01. The predicted molar refractivity (Wildman–Crippen MR) is 35.4 cm³/mol. The van der Waals surface area contributed by atoms with Crippen molar-refractivity contribution in [3.63, 3.8) is 0 Å². The van der Waals surface area contributed by atoms with E-state index in [4.69, 9.17) is 9.84 Å². The van der Waals surface area contributed by atoms with E-state index >= 15 is 0 Å². The number of hydrogen-bond donors (Lipinski definition) is 1. The lowest BCUT2D eigenvalue weighted by Crippen LogP contribution is -2.38. The Hall–Kier alpha value is -0.570. The SMILES string of the molecule is CCOC(=O)[C@@H]1CC[C@@H]1O. The largest absolute Gasteiger partial charge is 0.466 e. The second-order valence-electron chi connectivity index (χ2n) is 2.50. The first-order valence-corrected chi connectivity index (χ1v) is 3.60. The molecule has 0 aromatic heterocycles. The lowest BCUT2D eigenvalue weighted by atomic mass is 9.82. The maximum absolute atomic E-state index is 10.9. The van der Waals surface area contributed by atoms with E-state index in [2.05, 4.69) is 0 Å². The third kappa shape index (κ3) is 1.29. The molecule has 3 heteroatoms. The molecule has 1 saturated carbocycles. The molecule has 0 bridgehead atoms. The Morgan fingerprint density at radius 3 is 2.70 bits per heavy atom. The van der Waals surface area contributed by atoms with Crippen molar-refractivity contribution in [2.45, 2.75) is 25.9 Å². The van der Waals surface area contributed by atoms with Crippen LogP contribution in [0.2, 0.25) is 0 Å². The van der Waals surface area contributed by atoms with Crippen molar-refractivity contribution >= 4 is 5.97 Å². The minimum absolute atomic E-state index is 0.236. The monoisotopic (exact) mass is 144 g/mol. The fraction of sp³-hybridized carbons (Fsp3) is 0.857. The van der Waals surface area contributed by atoms with E-state index in [1.54, 1.807) is 6.92 Å². The molecular formula is C7H12O3. The number of carbonyl (C=O) groups excluding carboxylic acids is 1. The highest BCUT2D eigenvalue weighted by atomic mass is 16.5. The van der Waals surface area contributed by atoms with Gasteiger partial charge in [0.2, 0.25) is 0 Å². The Balaban J connectivity index is 2.27. The second-order valence-corrected chi connectivity index (χ2v) is 2.50. The van der Waals surface area contributed by atoms with Crippen LogP contribution in [-0.2, 0) is 9.53 Å². The maximum Gasteiger partial charge on any atom is 0.311 e. The van der Waals surface area contributed by atoms with Crippen LogP contribution in [0, 0.1) is 5.92 Å². The summed E-state index contributed by atoms with van der Waals surface area (Å²) in [4.78, 5) is 10.9. The molecule has 2 atom stereocenters. The van der Waals surface area contributed by atoms with E-state index in [1.165, 1.54) is 0 Å². The van der Waals surface area contributed by atoms with Crippen LogP contribution < -0.4 is 0 Å². The summed E-state index contributed by atoms with van der Waals surface area (Å²) in [5, 5.41) is 9.00. The van der Waals surface area contributed by atoms with Crippen LogP contribution in [-0.4, -0.2) is 23.8 Å². The van der Waals surface area contributed by atoms with Crippen LogP contribution in [0.4, 0.5) is 0 Å². The van der Waals surface area contributed by atoms with Crippen LogP contribution in [0.25, 0.3) is 0 Å². The maximum atomic E-state index is 10.9. The minimum atomic E-state index is -0.445. The number of aliphatic hydroxyl groups excluding tert-OH is 1. The Labute approximate surface area is 60.0 Å². The van der Waals surface area contributed by atoms with Gasteiger partial charge in [-0.25, -0.2) is 0 Å². The third-order valence-electron chi connectivity index (χ3n) is 1.83. The molecule has 1 rings (SSSR count). The molecule has 0 amide bonds. The summed E-state index contributed by atoms with van der Waals surface area (Å²) in [6.45, 7) is 2.17. The molecule has 0 radical (unpaired) electrons. The molecular weight excluding hydrogens is 132 g/mol. The third-order valence-corrected chi connectivity index (χ3v) is 1.83. The average Bonchev–Trinajstić information content (AvgIpc) is 1.85. The number of rotatable bonds is 2. The lowest BCUT2D eigenvalue weighted by molar-refractivity contribution is -0.157. The topological polar surface area (TPSA) is 46.5 Å². The average molecular weight is 144 g/mol. The van der Waals surface area contributed by atoms with Gasteiger partial charge in [0, 0.05) is 0 Å². The number of aliphatic hydroxyl groups is 1. The van der Waals surface area contributed by atoms with E-state index in [1.807, 2.05) is 0 Å². The lowest BCUT2D eigenvalue weighted by Gasteiger charge is -2.29. The quantitative estimate of drug-likeness (QED) is 0.568. The van der Waals surface area contributed by atoms with E-state index in [0.717, 1.165) is 12.8 Å². The van der Waals surface area contributed by atoms with Crippen LogP contribution in [0.3, 0.4) is 0 Å². The van der Waals surface area contributed by atoms with Gasteiger partial charge >= 0.3 is 5.97 Å². The van der Waals surface area contributed by atoms with Crippen molar-refractivity contribution < 1.29 is 14.6 Å². The van der Waals surface area contributed by atoms with E-state index in [9.17, 15) is 4.79 Å². The zero-order chi connectivity index (χ0) is 7.56. The van der Waals surface area contributed by atoms with Crippen molar-refractivity contribution in [2.24, 2.45) is 5.92 Å². The zero-order valence-electron chi connectivity index (χ0n) is 6.04. The molecule has 0 aromatic carbocycles. The first-order valence-electron chi connectivity index (χ1n) is 3.60. The van der Waals surface area contributed by atoms with Gasteiger partial charge in [-0.15, -0.1) is 0 Å². The van der Waals surface area contributed by atoms with Crippen LogP contribution >= 0.6 is 0 Å². The van der Waals surface area contributed by atoms with E-state index in [0.29, 0.717) is 6.61 Å². The molecule has 0 spiro atoms. The first-order chi connectivity index (χ1) is 4.75. The Bertz CT molecular complexity index is 133. The van der Waals surface area contributed by atoms with Crippen molar-refractivity contribution in [1.29, 1.82) is 0 Å². The molecule has 10 heavy (non-hydrogen) atoms. The van der Waals surface area contributed by atoms with Crippen molar-refractivity contribution in [3.8, 4) is 0 Å². The Morgan fingerprint density at radius 1 is 1.70 bits per heavy atom. The molecule has 1 N–H and O–H groups in total. The highest BCUT2D eigenvalue weighted by Crippen LogP contribution is 2.27. The van der Waals surface area contributed by atoms with Gasteiger partial charge in [0.1, 0.15) is 0 Å². The van der Waals surface area contributed by atoms with Gasteiger partial charge in [-0.1, -0.05) is 0 Å². The van der Waals surface area contributed by atoms with Crippen LogP contribution in [0.5, 0.6) is 0 Å². The first kappa shape index (κ1) is 7.54. The van der Waals surface area contributed by atoms with E-state index < -0.39 is 6.10 Å². The molecule has 3 nitrogen and oxygen atoms in total. The molecule has 0 unspecified atom stereocenters. The zero-order valence-corrected chi connectivity index (χ0v) is 6.04. The van der Waals surface area contributed by atoms with Gasteiger partial charge in [0.15, 0.2) is 0 Å². The Morgan fingerprint density at radius 2 is 2.40 bits per heavy atom. The summed E-state index contributed by atoms with van der Waals surface area (Å²) in [7, 11) is 0. The highest BCUT2D eigenvalue weighted by Gasteiger charge is 2.35. The number of carbonyl (C=O) groups is 1. The smallest absolute Gasteiger partial charge is 0.311 e. The van der Waals surface area contributed by atoms with Gasteiger partial charge < -0.3 is 9.84 Å². The van der Waals surface area contributed by atoms with E-state index in [-0.39, 0.29) is 11.9 Å². The molecule has 1 fully saturated rings. The van der Waals surface area contributed by atoms with Gasteiger partial charge in [0.05, 0.1) is 18.6 Å². The standard InChI is InChI=1S/C7H12O3/c1-2-10-7(9)5-3-4-6(5)8/h5-6,8H,2-4H2,1H3/t5-,6+/m1/s1. The minimum Gasteiger partial charge on any atom is -0.466 e. The normalized spacial score (nSPS) is 31.0.